The largest absolute Gasteiger partial charge is 0.310 e. The summed E-state index contributed by atoms with van der Waals surface area (Å²) in [5.41, 5.74) is 18.2. The molecule has 0 aromatic heterocycles. The first-order valence-corrected chi connectivity index (χ1v) is 22.0. The number of fused-ring (bicyclic) bond motifs is 7. The van der Waals surface area contributed by atoms with Crippen molar-refractivity contribution in [2.75, 3.05) is 4.90 Å². The Bertz CT molecular complexity index is 3430. The molecule has 0 aliphatic rings. The van der Waals surface area contributed by atoms with E-state index in [-0.39, 0.29) is 0 Å². The molecule has 1 nitrogen and oxygen atoms in total. The minimum Gasteiger partial charge on any atom is -0.310 e. The molecule has 0 radical (unpaired) electrons. The van der Waals surface area contributed by atoms with Crippen molar-refractivity contribution in [1.29, 1.82) is 0 Å². The van der Waals surface area contributed by atoms with Crippen LogP contribution in [0.1, 0.15) is 22.3 Å². The van der Waals surface area contributed by atoms with E-state index in [1.165, 1.54) is 110 Å². The van der Waals surface area contributed by atoms with Gasteiger partial charge in [0, 0.05) is 17.1 Å². The molecule has 0 saturated heterocycles. The quantitative estimate of drug-likeness (QED) is 0.145. The molecule has 0 atom stereocenters. The smallest absolute Gasteiger partial charge is 0.0468 e. The van der Waals surface area contributed by atoms with Gasteiger partial charge in [0.05, 0.1) is 0 Å². The third kappa shape index (κ3) is 6.83. The van der Waals surface area contributed by atoms with Crippen molar-refractivity contribution in [3.8, 4) is 44.5 Å². The Morgan fingerprint density at radius 3 is 1.40 bits per heavy atom. The lowest BCUT2D eigenvalue weighted by Crippen LogP contribution is -2.11. The monoisotopic (exact) mass is 805 g/mol. The highest BCUT2D eigenvalue weighted by atomic mass is 15.1. The molecule has 0 bridgehead atoms. The molecule has 0 amide bonds. The molecule has 11 aromatic carbocycles. The maximum Gasteiger partial charge on any atom is 0.0468 e. The van der Waals surface area contributed by atoms with E-state index in [0.717, 1.165) is 17.1 Å². The Morgan fingerprint density at radius 2 is 0.762 bits per heavy atom. The normalized spacial score (nSPS) is 11.5. The molecule has 0 unspecified atom stereocenters. The van der Waals surface area contributed by atoms with E-state index in [1.807, 2.05) is 0 Å². The molecule has 0 aliphatic carbocycles. The highest BCUT2D eigenvalue weighted by Crippen LogP contribution is 2.50. The van der Waals surface area contributed by atoms with E-state index >= 15 is 0 Å². The van der Waals surface area contributed by atoms with Crippen LogP contribution in [0.5, 0.6) is 0 Å². The Morgan fingerprint density at radius 1 is 0.270 bits per heavy atom. The van der Waals surface area contributed by atoms with Gasteiger partial charge in [0.1, 0.15) is 0 Å². The fraction of sp³-hybridized carbons (Fsp3) is 0.0645. The topological polar surface area (TPSA) is 3.24 Å². The summed E-state index contributed by atoms with van der Waals surface area (Å²) < 4.78 is 0. The van der Waals surface area contributed by atoms with Crippen LogP contribution in [0.2, 0.25) is 0 Å². The lowest BCUT2D eigenvalue weighted by Gasteiger charge is -2.28. The number of benzene rings is 11. The number of anilines is 3. The maximum absolute atomic E-state index is 2.46. The molecular weight excluding hydrogens is 759 g/mol. The van der Waals surface area contributed by atoms with Gasteiger partial charge in [0.2, 0.25) is 0 Å². The average Bonchev–Trinajstić information content (AvgIpc) is 3.31. The third-order valence-corrected chi connectivity index (χ3v) is 12.7. The molecular formula is C62H47N. The first kappa shape index (κ1) is 38.2. The molecule has 63 heavy (non-hydrogen) atoms. The number of aryl methyl sites for hydroxylation is 4. The van der Waals surface area contributed by atoms with Crippen LogP contribution in [0.25, 0.3) is 87.6 Å². The molecule has 0 spiro atoms. The number of nitrogens with zero attached hydrogens (tertiary/aromatic N) is 1. The summed E-state index contributed by atoms with van der Waals surface area (Å²) in [7, 11) is 0. The first-order chi connectivity index (χ1) is 30.9. The number of rotatable bonds is 7. The van der Waals surface area contributed by atoms with Crippen LogP contribution < -0.4 is 4.90 Å². The minimum absolute atomic E-state index is 1.13. The van der Waals surface area contributed by atoms with Gasteiger partial charge in [-0.05, 0) is 180 Å². The van der Waals surface area contributed by atoms with Crippen molar-refractivity contribution in [2.45, 2.75) is 27.7 Å². The van der Waals surface area contributed by atoms with E-state index < -0.39 is 0 Å². The van der Waals surface area contributed by atoms with Gasteiger partial charge in [-0.25, -0.2) is 0 Å². The van der Waals surface area contributed by atoms with Crippen LogP contribution in [0.15, 0.2) is 212 Å². The Hall–Kier alpha value is -7.74. The van der Waals surface area contributed by atoms with Crippen molar-refractivity contribution in [3.05, 3.63) is 235 Å². The Labute approximate surface area is 370 Å². The lowest BCUT2D eigenvalue weighted by molar-refractivity contribution is 1.24. The fourth-order valence-corrected chi connectivity index (χ4v) is 10.2. The summed E-state index contributed by atoms with van der Waals surface area (Å²) in [6.45, 7) is 8.78. The van der Waals surface area contributed by atoms with Crippen LogP contribution >= 0.6 is 0 Å². The molecule has 0 fully saturated rings. The van der Waals surface area contributed by atoms with Gasteiger partial charge in [-0.15, -0.1) is 0 Å². The molecule has 0 aliphatic heterocycles. The number of hydrogen-bond acceptors (Lipinski definition) is 1. The van der Waals surface area contributed by atoms with E-state index in [1.54, 1.807) is 0 Å². The van der Waals surface area contributed by atoms with Crippen molar-refractivity contribution in [1.82, 2.24) is 0 Å². The van der Waals surface area contributed by atoms with Crippen molar-refractivity contribution in [3.63, 3.8) is 0 Å². The second kappa shape index (κ2) is 15.6. The molecule has 0 saturated carbocycles. The highest BCUT2D eigenvalue weighted by Gasteiger charge is 2.23. The molecule has 0 N–H and O–H groups in total. The predicted octanol–water partition coefficient (Wildman–Crippen LogP) is 17.7. The third-order valence-electron chi connectivity index (χ3n) is 12.7. The van der Waals surface area contributed by atoms with E-state index in [4.69, 9.17) is 0 Å². The predicted molar refractivity (Wildman–Crippen MR) is 272 cm³/mol. The van der Waals surface area contributed by atoms with E-state index in [2.05, 4.69) is 245 Å². The van der Waals surface area contributed by atoms with Gasteiger partial charge in [0.15, 0.2) is 0 Å². The van der Waals surface area contributed by atoms with Crippen molar-refractivity contribution >= 4 is 60.2 Å². The average molecular weight is 806 g/mol. The van der Waals surface area contributed by atoms with Gasteiger partial charge >= 0.3 is 0 Å². The molecule has 0 heterocycles. The lowest BCUT2D eigenvalue weighted by atomic mass is 9.81. The fourth-order valence-electron chi connectivity index (χ4n) is 10.2. The first-order valence-electron chi connectivity index (χ1n) is 22.0. The van der Waals surface area contributed by atoms with Gasteiger partial charge in [-0.3, -0.25) is 0 Å². The van der Waals surface area contributed by atoms with Crippen molar-refractivity contribution in [2.24, 2.45) is 0 Å². The Balaban J connectivity index is 1.24. The second-order valence-corrected chi connectivity index (χ2v) is 17.2. The second-order valence-electron chi connectivity index (χ2n) is 17.2. The molecule has 1 heteroatoms. The summed E-state index contributed by atoms with van der Waals surface area (Å²) in [6.07, 6.45) is 0. The van der Waals surface area contributed by atoms with Gasteiger partial charge in [-0.2, -0.15) is 0 Å². The highest BCUT2D eigenvalue weighted by molar-refractivity contribution is 6.33. The summed E-state index contributed by atoms with van der Waals surface area (Å²) in [6, 6.07) is 78.9. The molecule has 11 rings (SSSR count). The van der Waals surface area contributed by atoms with E-state index in [9.17, 15) is 0 Å². The standard InChI is InChI=1S/C62H47N/c1-40-32-41(2)35-50(34-40)63(51-36-42(3)33-43(4)37-51)49-30-31-56-59(38-49)54-23-13-14-24-55(54)61-58(45-16-7-5-8-17-45)39-57(60(62(56)61)48-19-9-6-10-20-48)47-28-26-46(27-29-47)53-25-15-21-44-18-11-12-22-52(44)53/h5-39H,1-4H3. The zero-order valence-electron chi connectivity index (χ0n) is 36.2. The van der Waals surface area contributed by atoms with Gasteiger partial charge in [-0.1, -0.05) is 170 Å². The minimum atomic E-state index is 1.13. The maximum atomic E-state index is 2.46. The van der Waals surface area contributed by atoms with Crippen LogP contribution in [0.3, 0.4) is 0 Å². The van der Waals surface area contributed by atoms with Gasteiger partial charge in [0.25, 0.3) is 0 Å². The van der Waals surface area contributed by atoms with Crippen molar-refractivity contribution < 1.29 is 0 Å². The zero-order valence-corrected chi connectivity index (χ0v) is 36.2. The van der Waals surface area contributed by atoms with Crippen LogP contribution in [0.4, 0.5) is 17.1 Å². The summed E-state index contributed by atoms with van der Waals surface area (Å²) in [4.78, 5) is 2.44. The number of hydrogen-bond donors (Lipinski definition) is 0. The van der Waals surface area contributed by atoms with Crippen LogP contribution in [-0.4, -0.2) is 0 Å². The van der Waals surface area contributed by atoms with Crippen LogP contribution in [0, 0.1) is 27.7 Å². The summed E-state index contributed by atoms with van der Waals surface area (Å²) in [5.74, 6) is 0. The summed E-state index contributed by atoms with van der Waals surface area (Å²) in [5, 5.41) is 10.0. The summed E-state index contributed by atoms with van der Waals surface area (Å²) >= 11 is 0. The van der Waals surface area contributed by atoms with Gasteiger partial charge < -0.3 is 4.90 Å². The van der Waals surface area contributed by atoms with Crippen LogP contribution in [-0.2, 0) is 0 Å². The molecule has 300 valence electrons. The van der Waals surface area contributed by atoms with E-state index in [0.29, 0.717) is 0 Å². The molecule has 11 aromatic rings. The zero-order chi connectivity index (χ0) is 42.6. The Kier molecular flexibility index (Phi) is 9.47. The SMILES string of the molecule is Cc1cc(C)cc(N(c2cc(C)cc(C)c2)c2ccc3c(c2)c2ccccc2c2c(-c4ccccc4)cc(-c4ccc(-c5cccc6ccccc56)cc4)c(-c4ccccc4)c32)c1.